The number of amides is 1. The van der Waals surface area contributed by atoms with Crippen LogP contribution in [-0.2, 0) is 14.8 Å². The second-order valence-corrected chi connectivity index (χ2v) is 7.00. The number of carbonyl (C=O) groups is 1. The second-order valence-electron chi connectivity index (χ2n) is 5.11. The highest BCUT2D eigenvalue weighted by Crippen LogP contribution is 2.27. The van der Waals surface area contributed by atoms with Crippen molar-refractivity contribution in [3.63, 3.8) is 0 Å². The molecule has 3 N–H and O–H groups in total. The summed E-state index contributed by atoms with van der Waals surface area (Å²) in [6.07, 6.45) is 0.958. The maximum atomic E-state index is 12.7. The number of carbonyl (C=O) groups excluding carboxylic acids is 1. The Balaban J connectivity index is 2.29. The number of benzene rings is 1. The zero-order valence-electron chi connectivity index (χ0n) is 12.3. The van der Waals surface area contributed by atoms with Crippen molar-refractivity contribution in [2.75, 3.05) is 19.6 Å². The molecular formula is C13H18N4O5S. The molecule has 0 bridgehead atoms. The van der Waals surface area contributed by atoms with Crippen LogP contribution in [0.15, 0.2) is 29.2 Å². The standard InChI is InChI=1S/C13H18N4O5S/c14-6-7-15-13(18)12-5-2-8-16(12)23(21,22)11-4-1-3-10(9-11)17(19)20/h1,3-4,9,12H,2,5-8,14H2,(H,15,18). The number of hydrogen-bond acceptors (Lipinski definition) is 6. The van der Waals surface area contributed by atoms with Gasteiger partial charge in [0, 0.05) is 31.8 Å². The number of nitro groups is 1. The van der Waals surface area contributed by atoms with Crippen LogP contribution in [0.25, 0.3) is 0 Å². The molecule has 0 aliphatic carbocycles. The third-order valence-electron chi connectivity index (χ3n) is 3.58. The zero-order chi connectivity index (χ0) is 17.0. The zero-order valence-corrected chi connectivity index (χ0v) is 13.2. The van der Waals surface area contributed by atoms with E-state index < -0.39 is 26.9 Å². The average molecular weight is 342 g/mol. The minimum atomic E-state index is -3.98. The van der Waals surface area contributed by atoms with Crippen molar-refractivity contribution >= 4 is 21.6 Å². The molecule has 126 valence electrons. The molecule has 1 aliphatic heterocycles. The Bertz CT molecular complexity index is 706. The van der Waals surface area contributed by atoms with Crippen LogP contribution >= 0.6 is 0 Å². The van der Waals surface area contributed by atoms with Gasteiger partial charge in [0.2, 0.25) is 15.9 Å². The summed E-state index contributed by atoms with van der Waals surface area (Å²) in [4.78, 5) is 22.1. The second kappa shape index (κ2) is 7.02. The molecule has 1 aromatic rings. The van der Waals surface area contributed by atoms with Gasteiger partial charge in [0.15, 0.2) is 0 Å². The van der Waals surface area contributed by atoms with Gasteiger partial charge in [-0.25, -0.2) is 8.42 Å². The van der Waals surface area contributed by atoms with Crippen LogP contribution in [0.4, 0.5) is 5.69 Å². The lowest BCUT2D eigenvalue weighted by Crippen LogP contribution is -2.46. The Labute approximate surface area is 133 Å². The molecule has 9 nitrogen and oxygen atoms in total. The summed E-state index contributed by atoms with van der Waals surface area (Å²) in [7, 11) is -3.98. The molecule has 1 amide bonds. The fraction of sp³-hybridized carbons (Fsp3) is 0.462. The molecule has 1 fully saturated rings. The summed E-state index contributed by atoms with van der Waals surface area (Å²) < 4.78 is 26.5. The molecule has 10 heteroatoms. The highest BCUT2D eigenvalue weighted by atomic mass is 32.2. The summed E-state index contributed by atoms with van der Waals surface area (Å²) in [5, 5.41) is 13.4. The number of nitrogens with two attached hydrogens (primary N) is 1. The van der Waals surface area contributed by atoms with Crippen LogP contribution in [0.3, 0.4) is 0 Å². The molecule has 0 radical (unpaired) electrons. The van der Waals surface area contributed by atoms with E-state index in [0.717, 1.165) is 10.4 Å². The van der Waals surface area contributed by atoms with Gasteiger partial charge in [0.1, 0.15) is 6.04 Å². The fourth-order valence-electron chi connectivity index (χ4n) is 2.50. The minimum absolute atomic E-state index is 0.190. The van der Waals surface area contributed by atoms with Gasteiger partial charge < -0.3 is 11.1 Å². The lowest BCUT2D eigenvalue weighted by molar-refractivity contribution is -0.385. The maximum absolute atomic E-state index is 12.7. The van der Waals surface area contributed by atoms with Gasteiger partial charge in [0.05, 0.1) is 9.82 Å². The van der Waals surface area contributed by atoms with E-state index in [-0.39, 0.29) is 30.2 Å². The van der Waals surface area contributed by atoms with Gasteiger partial charge >= 0.3 is 0 Å². The Kier molecular flexibility index (Phi) is 5.29. The first kappa shape index (κ1) is 17.3. The summed E-state index contributed by atoms with van der Waals surface area (Å²) in [5.74, 6) is -0.401. The molecule has 1 aromatic carbocycles. The number of hydrogen-bond donors (Lipinski definition) is 2. The van der Waals surface area contributed by atoms with Crippen molar-refractivity contribution in [2.45, 2.75) is 23.8 Å². The maximum Gasteiger partial charge on any atom is 0.270 e. The van der Waals surface area contributed by atoms with Gasteiger partial charge in [0.25, 0.3) is 5.69 Å². The van der Waals surface area contributed by atoms with Crippen molar-refractivity contribution in [2.24, 2.45) is 5.73 Å². The molecule has 2 rings (SSSR count). The highest BCUT2D eigenvalue weighted by molar-refractivity contribution is 7.89. The number of nitrogens with one attached hydrogen (secondary N) is 1. The van der Waals surface area contributed by atoms with E-state index in [9.17, 15) is 23.3 Å². The van der Waals surface area contributed by atoms with Crippen molar-refractivity contribution in [3.05, 3.63) is 34.4 Å². The van der Waals surface area contributed by atoms with Crippen LogP contribution < -0.4 is 11.1 Å². The van der Waals surface area contributed by atoms with E-state index in [2.05, 4.69) is 5.32 Å². The van der Waals surface area contributed by atoms with Gasteiger partial charge in [-0.1, -0.05) is 6.07 Å². The third kappa shape index (κ3) is 3.66. The lowest BCUT2D eigenvalue weighted by Gasteiger charge is -2.23. The number of sulfonamides is 1. The van der Waals surface area contributed by atoms with Crippen molar-refractivity contribution in [1.29, 1.82) is 0 Å². The molecule has 0 saturated carbocycles. The molecule has 1 unspecified atom stereocenters. The molecule has 23 heavy (non-hydrogen) atoms. The van der Waals surface area contributed by atoms with E-state index in [1.807, 2.05) is 0 Å². The Morgan fingerprint density at radius 1 is 1.48 bits per heavy atom. The predicted octanol–water partition coefficient (Wildman–Crippen LogP) is -0.177. The first-order chi connectivity index (χ1) is 10.9. The Morgan fingerprint density at radius 3 is 2.87 bits per heavy atom. The topological polar surface area (TPSA) is 136 Å². The quantitative estimate of drug-likeness (QED) is 0.544. The normalized spacial score (nSPS) is 18.7. The molecule has 0 aromatic heterocycles. The lowest BCUT2D eigenvalue weighted by atomic mass is 10.2. The SMILES string of the molecule is NCCNC(=O)C1CCCN1S(=O)(=O)c1cccc([N+](=O)[O-])c1. The Hall–Kier alpha value is -2.04. The van der Waals surface area contributed by atoms with Crippen molar-refractivity contribution < 1.29 is 18.1 Å². The van der Waals surface area contributed by atoms with Gasteiger partial charge in [-0.15, -0.1) is 0 Å². The van der Waals surface area contributed by atoms with Gasteiger partial charge in [-0.2, -0.15) is 4.31 Å². The van der Waals surface area contributed by atoms with Crippen LogP contribution in [0.5, 0.6) is 0 Å². The van der Waals surface area contributed by atoms with Gasteiger partial charge in [-0.3, -0.25) is 14.9 Å². The van der Waals surface area contributed by atoms with E-state index in [1.165, 1.54) is 18.2 Å². The highest BCUT2D eigenvalue weighted by Gasteiger charge is 2.39. The summed E-state index contributed by atoms with van der Waals surface area (Å²) >= 11 is 0. The molecule has 1 heterocycles. The predicted molar refractivity (Wildman–Crippen MR) is 82.1 cm³/mol. The molecule has 1 atom stereocenters. The monoisotopic (exact) mass is 342 g/mol. The van der Waals surface area contributed by atoms with Crippen molar-refractivity contribution in [3.8, 4) is 0 Å². The number of nitro benzene ring substituents is 1. The molecule has 1 aliphatic rings. The first-order valence-corrected chi connectivity index (χ1v) is 8.56. The van der Waals surface area contributed by atoms with Crippen molar-refractivity contribution in [1.82, 2.24) is 9.62 Å². The first-order valence-electron chi connectivity index (χ1n) is 7.12. The summed E-state index contributed by atoms with van der Waals surface area (Å²) in [6, 6.07) is 4.00. The summed E-state index contributed by atoms with van der Waals surface area (Å²) in [5.41, 5.74) is 5.01. The number of rotatable bonds is 6. The largest absolute Gasteiger partial charge is 0.353 e. The van der Waals surface area contributed by atoms with Crippen LogP contribution in [0.2, 0.25) is 0 Å². The van der Waals surface area contributed by atoms with Crippen LogP contribution in [-0.4, -0.2) is 49.2 Å². The molecule has 1 saturated heterocycles. The summed E-state index contributed by atoms with van der Waals surface area (Å²) in [6.45, 7) is 0.724. The average Bonchev–Trinajstić information content (AvgIpc) is 3.03. The number of nitrogens with zero attached hydrogens (tertiary/aromatic N) is 2. The fourth-order valence-corrected chi connectivity index (χ4v) is 4.19. The molecular weight excluding hydrogens is 324 g/mol. The van der Waals surface area contributed by atoms with Gasteiger partial charge in [-0.05, 0) is 18.9 Å². The Morgan fingerprint density at radius 2 is 2.22 bits per heavy atom. The minimum Gasteiger partial charge on any atom is -0.353 e. The third-order valence-corrected chi connectivity index (χ3v) is 5.49. The number of non-ortho nitro benzene ring substituents is 1. The van der Waals surface area contributed by atoms with E-state index >= 15 is 0 Å². The van der Waals surface area contributed by atoms with Crippen LogP contribution in [0, 0.1) is 10.1 Å². The van der Waals surface area contributed by atoms with E-state index in [4.69, 9.17) is 5.73 Å². The molecule has 0 spiro atoms. The van der Waals surface area contributed by atoms with E-state index in [0.29, 0.717) is 12.8 Å². The van der Waals surface area contributed by atoms with Crippen LogP contribution in [0.1, 0.15) is 12.8 Å². The van der Waals surface area contributed by atoms with E-state index in [1.54, 1.807) is 0 Å². The smallest absolute Gasteiger partial charge is 0.270 e.